The minimum absolute atomic E-state index is 0.386. The molecular formula is C20H22NO4+. The van der Waals surface area contributed by atoms with E-state index in [4.69, 9.17) is 13.9 Å². The van der Waals surface area contributed by atoms with Crippen molar-refractivity contribution in [2.24, 2.45) is 0 Å². The third-order valence-electron chi connectivity index (χ3n) is 4.03. The summed E-state index contributed by atoms with van der Waals surface area (Å²) >= 11 is 0. The molecular weight excluding hydrogens is 318 g/mol. The second-order valence-corrected chi connectivity index (χ2v) is 5.88. The maximum Gasteiger partial charge on any atom is 0.336 e. The van der Waals surface area contributed by atoms with Gasteiger partial charge in [-0.3, -0.25) is 0 Å². The Morgan fingerprint density at radius 3 is 2.60 bits per heavy atom. The fraction of sp³-hybridized carbons (Fsp3) is 0.300. The smallest absolute Gasteiger partial charge is 0.336 e. The number of rotatable bonds is 7. The molecule has 0 radical (unpaired) electrons. The molecule has 0 unspecified atom stereocenters. The van der Waals surface area contributed by atoms with Crippen LogP contribution in [0.4, 0.5) is 0 Å². The highest BCUT2D eigenvalue weighted by Gasteiger charge is 2.10. The topological polar surface area (TPSA) is 52.5 Å². The summed E-state index contributed by atoms with van der Waals surface area (Å²) < 4.78 is 18.7. The number of pyridine rings is 1. The predicted octanol–water partition coefficient (Wildman–Crippen LogP) is 3.47. The van der Waals surface area contributed by atoms with Crippen molar-refractivity contribution in [1.82, 2.24) is 0 Å². The molecule has 3 rings (SSSR count). The average Bonchev–Trinajstić information content (AvgIpc) is 2.64. The van der Waals surface area contributed by atoms with E-state index < -0.39 is 0 Å². The van der Waals surface area contributed by atoms with E-state index in [1.165, 1.54) is 18.9 Å². The SMILES string of the molecule is CCCC[n+]1ccc(COc2cc3oc(=O)ccc3cc2OC)cc1. The first-order chi connectivity index (χ1) is 12.2. The Kier molecular flexibility index (Phi) is 5.33. The molecule has 0 fully saturated rings. The Bertz CT molecular complexity index is 900. The number of nitrogens with zero attached hydrogens (tertiary/aromatic N) is 1. The maximum absolute atomic E-state index is 11.4. The monoisotopic (exact) mass is 340 g/mol. The van der Waals surface area contributed by atoms with Gasteiger partial charge in [0.25, 0.3) is 0 Å². The zero-order valence-electron chi connectivity index (χ0n) is 14.5. The van der Waals surface area contributed by atoms with Gasteiger partial charge in [0, 0.05) is 41.6 Å². The van der Waals surface area contributed by atoms with Gasteiger partial charge in [0.2, 0.25) is 0 Å². The lowest BCUT2D eigenvalue weighted by Gasteiger charge is -2.11. The molecule has 0 N–H and O–H groups in total. The summed E-state index contributed by atoms with van der Waals surface area (Å²) in [5.41, 5.74) is 1.15. The van der Waals surface area contributed by atoms with Crippen LogP contribution < -0.4 is 19.7 Å². The minimum atomic E-state index is -0.386. The molecule has 0 aliphatic carbocycles. The summed E-state index contributed by atoms with van der Waals surface area (Å²) in [7, 11) is 1.59. The highest BCUT2D eigenvalue weighted by molar-refractivity contribution is 5.80. The van der Waals surface area contributed by atoms with Gasteiger partial charge in [-0.25, -0.2) is 9.36 Å². The molecule has 130 valence electrons. The van der Waals surface area contributed by atoms with E-state index in [1.807, 2.05) is 12.1 Å². The number of fused-ring (bicyclic) bond motifs is 1. The quantitative estimate of drug-likeness (QED) is 0.488. The highest BCUT2D eigenvalue weighted by atomic mass is 16.5. The lowest BCUT2D eigenvalue weighted by atomic mass is 10.2. The van der Waals surface area contributed by atoms with Gasteiger partial charge >= 0.3 is 5.63 Å². The first-order valence-corrected chi connectivity index (χ1v) is 8.42. The Morgan fingerprint density at radius 2 is 1.88 bits per heavy atom. The maximum atomic E-state index is 11.4. The van der Waals surface area contributed by atoms with Crippen LogP contribution in [0.5, 0.6) is 11.5 Å². The van der Waals surface area contributed by atoms with Crippen LogP contribution in [-0.2, 0) is 13.2 Å². The van der Waals surface area contributed by atoms with Crippen molar-refractivity contribution in [2.75, 3.05) is 7.11 Å². The summed E-state index contributed by atoms with van der Waals surface area (Å²) in [6.45, 7) is 3.62. The van der Waals surface area contributed by atoms with Crippen LogP contribution in [0.15, 0.2) is 58.0 Å². The van der Waals surface area contributed by atoms with E-state index >= 15 is 0 Å². The fourth-order valence-corrected chi connectivity index (χ4v) is 2.58. The molecule has 3 aromatic rings. The van der Waals surface area contributed by atoms with E-state index in [2.05, 4.69) is 23.9 Å². The third kappa shape index (κ3) is 4.18. The molecule has 5 nitrogen and oxygen atoms in total. The molecule has 0 saturated heterocycles. The molecule has 5 heteroatoms. The van der Waals surface area contributed by atoms with Crippen molar-refractivity contribution in [3.05, 3.63) is 64.8 Å². The van der Waals surface area contributed by atoms with Gasteiger partial charge in [-0.2, -0.15) is 0 Å². The van der Waals surface area contributed by atoms with Crippen LogP contribution in [0, 0.1) is 0 Å². The third-order valence-corrected chi connectivity index (χ3v) is 4.03. The Morgan fingerprint density at radius 1 is 1.08 bits per heavy atom. The van der Waals surface area contributed by atoms with E-state index in [9.17, 15) is 4.79 Å². The predicted molar refractivity (Wildman–Crippen MR) is 94.9 cm³/mol. The van der Waals surface area contributed by atoms with Gasteiger partial charge in [-0.15, -0.1) is 0 Å². The number of hydrogen-bond donors (Lipinski definition) is 0. The van der Waals surface area contributed by atoms with Crippen molar-refractivity contribution in [2.45, 2.75) is 32.9 Å². The van der Waals surface area contributed by atoms with Crippen LogP contribution in [0.3, 0.4) is 0 Å². The number of aryl methyl sites for hydroxylation is 1. The molecule has 0 spiro atoms. The molecule has 0 atom stereocenters. The lowest BCUT2D eigenvalue weighted by molar-refractivity contribution is -0.697. The van der Waals surface area contributed by atoms with Gasteiger partial charge in [-0.1, -0.05) is 13.3 Å². The number of unbranched alkanes of at least 4 members (excludes halogenated alkanes) is 1. The molecule has 2 aromatic heterocycles. The number of benzene rings is 1. The van der Waals surface area contributed by atoms with Gasteiger partial charge in [0.1, 0.15) is 18.7 Å². The summed E-state index contributed by atoms with van der Waals surface area (Å²) in [6.07, 6.45) is 6.46. The van der Waals surface area contributed by atoms with Crippen molar-refractivity contribution < 1.29 is 18.5 Å². The number of hydrogen-bond acceptors (Lipinski definition) is 4. The summed E-state index contributed by atoms with van der Waals surface area (Å²) in [6, 6.07) is 10.7. The summed E-state index contributed by atoms with van der Waals surface area (Å²) in [4.78, 5) is 11.4. The van der Waals surface area contributed by atoms with Crippen LogP contribution in [0.25, 0.3) is 11.0 Å². The molecule has 0 bridgehead atoms. The molecule has 1 aromatic carbocycles. The Hall–Kier alpha value is -2.82. The van der Waals surface area contributed by atoms with Crippen molar-refractivity contribution >= 4 is 11.0 Å². The first-order valence-electron chi connectivity index (χ1n) is 8.42. The summed E-state index contributed by atoms with van der Waals surface area (Å²) in [5, 5.41) is 0.792. The molecule has 0 amide bonds. The minimum Gasteiger partial charge on any atom is -0.493 e. The molecule has 0 saturated carbocycles. The van der Waals surface area contributed by atoms with Gasteiger partial charge < -0.3 is 13.9 Å². The zero-order valence-corrected chi connectivity index (χ0v) is 14.5. The van der Waals surface area contributed by atoms with Crippen LogP contribution >= 0.6 is 0 Å². The molecule has 0 aliphatic heterocycles. The standard InChI is InChI=1S/C20H22NO4/c1-3-4-9-21-10-7-15(8-11-21)14-24-19-13-17-16(12-18(19)23-2)5-6-20(22)25-17/h5-8,10-13H,3-4,9,14H2,1-2H3/q+1. The van der Waals surface area contributed by atoms with Crippen LogP contribution in [0.1, 0.15) is 25.3 Å². The zero-order chi connectivity index (χ0) is 17.6. The van der Waals surface area contributed by atoms with E-state index in [-0.39, 0.29) is 5.63 Å². The average molecular weight is 340 g/mol. The fourth-order valence-electron chi connectivity index (χ4n) is 2.58. The van der Waals surface area contributed by atoms with E-state index in [0.717, 1.165) is 17.5 Å². The Balaban J connectivity index is 1.76. The van der Waals surface area contributed by atoms with Crippen molar-refractivity contribution in [3.63, 3.8) is 0 Å². The van der Waals surface area contributed by atoms with Crippen LogP contribution in [-0.4, -0.2) is 7.11 Å². The number of ether oxygens (including phenoxy) is 2. The first kappa shape index (κ1) is 17.0. The summed E-state index contributed by atoms with van der Waals surface area (Å²) in [5.74, 6) is 1.15. The largest absolute Gasteiger partial charge is 0.493 e. The van der Waals surface area contributed by atoms with Crippen molar-refractivity contribution in [3.8, 4) is 11.5 Å². The normalized spacial score (nSPS) is 10.8. The van der Waals surface area contributed by atoms with Gasteiger partial charge in [-0.05, 0) is 12.1 Å². The molecule has 0 aliphatic rings. The molecule has 25 heavy (non-hydrogen) atoms. The second-order valence-electron chi connectivity index (χ2n) is 5.88. The van der Waals surface area contributed by atoms with Crippen molar-refractivity contribution in [1.29, 1.82) is 0 Å². The second kappa shape index (κ2) is 7.83. The van der Waals surface area contributed by atoms with E-state index in [0.29, 0.717) is 23.7 Å². The number of methoxy groups -OCH3 is 1. The molecule has 2 heterocycles. The highest BCUT2D eigenvalue weighted by Crippen LogP contribution is 2.32. The van der Waals surface area contributed by atoms with Gasteiger partial charge in [0.15, 0.2) is 23.9 Å². The van der Waals surface area contributed by atoms with Gasteiger partial charge in [0.05, 0.1) is 7.11 Å². The lowest BCUT2D eigenvalue weighted by Crippen LogP contribution is -2.32. The van der Waals surface area contributed by atoms with E-state index in [1.54, 1.807) is 25.3 Å². The van der Waals surface area contributed by atoms with Crippen LogP contribution in [0.2, 0.25) is 0 Å². The number of aromatic nitrogens is 1. The Labute approximate surface area is 146 Å².